The number of benzene rings is 3. The van der Waals surface area contributed by atoms with Gasteiger partial charge in [0.25, 0.3) is 0 Å². The number of carbonyl (C=O) groups excluding carboxylic acids is 2. The lowest BCUT2D eigenvalue weighted by molar-refractivity contribution is -0.274. The Morgan fingerprint density at radius 1 is 1.11 bits per heavy atom. The van der Waals surface area contributed by atoms with E-state index in [1.54, 1.807) is 12.1 Å². The van der Waals surface area contributed by atoms with Gasteiger partial charge in [-0.3, -0.25) is 9.69 Å². The second-order valence-electron chi connectivity index (χ2n) is 9.87. The van der Waals surface area contributed by atoms with E-state index in [1.807, 2.05) is 32.0 Å². The molecule has 0 bridgehead atoms. The van der Waals surface area contributed by atoms with E-state index >= 15 is 0 Å². The summed E-state index contributed by atoms with van der Waals surface area (Å²) in [6, 6.07) is 16.2. The highest BCUT2D eigenvalue weighted by Crippen LogP contribution is 2.31. The Morgan fingerprint density at radius 3 is 2.53 bits per heavy atom. The molecule has 0 spiro atoms. The third kappa shape index (κ3) is 7.76. The Labute approximate surface area is 259 Å². The minimum absolute atomic E-state index is 0.137. The largest absolute Gasteiger partial charge is 0.573 e. The van der Waals surface area contributed by atoms with Crippen molar-refractivity contribution in [1.29, 1.82) is 0 Å². The van der Waals surface area contributed by atoms with Crippen molar-refractivity contribution in [2.24, 2.45) is 4.99 Å². The quantitative estimate of drug-likeness (QED) is 0.205. The van der Waals surface area contributed by atoms with Crippen LogP contribution in [0.15, 0.2) is 84.2 Å². The van der Waals surface area contributed by atoms with Crippen molar-refractivity contribution in [2.45, 2.75) is 33.1 Å². The van der Waals surface area contributed by atoms with Crippen LogP contribution in [0.4, 0.5) is 28.0 Å². The molecule has 1 N–H and O–H groups in total. The van der Waals surface area contributed by atoms with Crippen molar-refractivity contribution in [3.63, 3.8) is 0 Å². The van der Waals surface area contributed by atoms with E-state index in [2.05, 4.69) is 25.1 Å². The van der Waals surface area contributed by atoms with Crippen molar-refractivity contribution in [1.82, 2.24) is 20.1 Å². The molecule has 0 radical (unpaired) electrons. The Hall–Kier alpha value is -4.98. The van der Waals surface area contributed by atoms with Crippen LogP contribution < -0.4 is 15.0 Å². The fourth-order valence-corrected chi connectivity index (χ4v) is 5.33. The van der Waals surface area contributed by atoms with E-state index in [4.69, 9.17) is 0 Å². The lowest BCUT2D eigenvalue weighted by atomic mass is 10.0. The third-order valence-corrected chi connectivity index (χ3v) is 7.45. The number of amidine groups is 1. The van der Waals surface area contributed by atoms with Crippen LogP contribution in [-0.4, -0.2) is 44.0 Å². The Morgan fingerprint density at radius 2 is 1.84 bits per heavy atom. The summed E-state index contributed by atoms with van der Waals surface area (Å²) in [6.07, 6.45) is -0.874. The number of nitrogens with zero attached hydrogens (tertiary/aromatic N) is 5. The molecule has 1 fully saturated rings. The molecule has 1 aromatic heterocycles. The van der Waals surface area contributed by atoms with Gasteiger partial charge in [0.2, 0.25) is 5.91 Å². The van der Waals surface area contributed by atoms with E-state index in [-0.39, 0.29) is 28.1 Å². The fourth-order valence-electron chi connectivity index (χ4n) is 4.47. The van der Waals surface area contributed by atoms with Crippen molar-refractivity contribution < 1.29 is 31.9 Å². The summed E-state index contributed by atoms with van der Waals surface area (Å²) in [5.74, 6) is -0.846. The second-order valence-corrected chi connectivity index (χ2v) is 10.8. The predicted molar refractivity (Wildman–Crippen MR) is 164 cm³/mol. The maximum absolute atomic E-state index is 14.9. The second kappa shape index (κ2) is 13.3. The van der Waals surface area contributed by atoms with E-state index in [0.29, 0.717) is 22.8 Å². The van der Waals surface area contributed by atoms with E-state index < -0.39 is 18.2 Å². The number of anilines is 1. The van der Waals surface area contributed by atoms with Gasteiger partial charge in [-0.25, -0.2) is 18.9 Å². The summed E-state index contributed by atoms with van der Waals surface area (Å²) in [7, 11) is 0. The molecule has 14 heteroatoms. The maximum Gasteiger partial charge on any atom is 0.573 e. The molecule has 232 valence electrons. The molecule has 1 aliphatic heterocycles. The van der Waals surface area contributed by atoms with Crippen LogP contribution in [-0.2, 0) is 11.2 Å². The molecule has 4 aromatic rings. The monoisotopic (exact) mass is 638 g/mol. The predicted octanol–water partition coefficient (Wildman–Crippen LogP) is 7.21. The molecule has 45 heavy (non-hydrogen) atoms. The molecule has 0 atom stereocenters. The number of rotatable bonds is 8. The highest BCUT2D eigenvalue weighted by molar-refractivity contribution is 8.15. The average molecular weight is 639 g/mol. The number of urea groups is 1. The molecule has 1 saturated heterocycles. The summed E-state index contributed by atoms with van der Waals surface area (Å²) < 4.78 is 57.3. The minimum atomic E-state index is -4.79. The Bertz CT molecular complexity index is 1770. The van der Waals surface area contributed by atoms with Gasteiger partial charge in [-0.2, -0.15) is 4.99 Å². The van der Waals surface area contributed by atoms with Crippen LogP contribution in [0.25, 0.3) is 22.9 Å². The first-order valence-electron chi connectivity index (χ1n) is 13.7. The minimum Gasteiger partial charge on any atom is -0.406 e. The summed E-state index contributed by atoms with van der Waals surface area (Å²) in [5.41, 5.74) is 3.80. The van der Waals surface area contributed by atoms with Crippen molar-refractivity contribution in [2.75, 3.05) is 10.7 Å². The van der Waals surface area contributed by atoms with Crippen LogP contribution in [0, 0.1) is 6.92 Å². The van der Waals surface area contributed by atoms with Gasteiger partial charge < -0.3 is 10.1 Å². The first-order valence-corrected chi connectivity index (χ1v) is 14.7. The number of hydrogen-bond acceptors (Lipinski definition) is 6. The van der Waals surface area contributed by atoms with Gasteiger partial charge in [-0.15, -0.1) is 18.3 Å². The zero-order chi connectivity index (χ0) is 32.1. The van der Waals surface area contributed by atoms with Gasteiger partial charge in [0, 0.05) is 17.3 Å². The van der Waals surface area contributed by atoms with Gasteiger partial charge in [0.1, 0.15) is 17.9 Å². The van der Waals surface area contributed by atoms with Gasteiger partial charge in [0.05, 0.1) is 17.1 Å². The number of alkyl halides is 3. The number of carbonyl (C=O) groups is 2. The van der Waals surface area contributed by atoms with Crippen LogP contribution in [0.3, 0.4) is 0 Å². The van der Waals surface area contributed by atoms with Crippen LogP contribution in [0.2, 0.25) is 0 Å². The molecule has 1 aliphatic rings. The number of ether oxygens (including phenoxy) is 1. The summed E-state index contributed by atoms with van der Waals surface area (Å²) >= 11 is 1.14. The Kier molecular flexibility index (Phi) is 9.32. The number of amides is 3. The van der Waals surface area contributed by atoms with Gasteiger partial charge in [-0.1, -0.05) is 61.5 Å². The summed E-state index contributed by atoms with van der Waals surface area (Å²) in [5, 5.41) is 6.86. The zero-order valence-corrected chi connectivity index (χ0v) is 24.8. The van der Waals surface area contributed by atoms with E-state index in [0.717, 1.165) is 54.1 Å². The molecule has 2 heterocycles. The van der Waals surface area contributed by atoms with Crippen LogP contribution in [0.1, 0.15) is 30.0 Å². The zero-order valence-electron chi connectivity index (χ0n) is 24.0. The average Bonchev–Trinajstić information content (AvgIpc) is 3.64. The Balaban J connectivity index is 1.24. The number of aliphatic imine (C=N–C) groups is 1. The fraction of sp³-hybridized carbons (Fsp3) is 0.194. The number of aryl methyl sites for hydroxylation is 2. The molecule has 0 aliphatic carbocycles. The first kappa shape index (κ1) is 31.4. The summed E-state index contributed by atoms with van der Waals surface area (Å²) in [4.78, 5) is 35.0. The topological polar surface area (TPSA) is 102 Å². The van der Waals surface area contributed by atoms with E-state index in [1.165, 1.54) is 40.2 Å². The SMILES string of the molecule is CCCc1ccc(C)cc1N1C(=O)CS/C1=N\C(=O)N/C=C(\F)c1ccc(-c2ncn(-c3ccc(OC(F)(F)F)cc3)n2)cc1. The molecule has 5 rings (SSSR count). The normalized spacial score (nSPS) is 14.7. The van der Waals surface area contributed by atoms with Gasteiger partial charge >= 0.3 is 12.4 Å². The highest BCUT2D eigenvalue weighted by Gasteiger charge is 2.32. The smallest absolute Gasteiger partial charge is 0.406 e. The molecule has 9 nitrogen and oxygen atoms in total. The van der Waals surface area contributed by atoms with Gasteiger partial charge in [0.15, 0.2) is 11.0 Å². The third-order valence-electron chi connectivity index (χ3n) is 6.53. The first-order chi connectivity index (χ1) is 21.5. The number of halogens is 4. The lowest BCUT2D eigenvalue weighted by Gasteiger charge is -2.20. The molecule has 0 saturated carbocycles. The highest BCUT2D eigenvalue weighted by atomic mass is 32.2. The molecular weight excluding hydrogens is 612 g/mol. The van der Waals surface area contributed by atoms with Gasteiger partial charge in [-0.05, 0) is 54.8 Å². The number of hydrogen-bond donors (Lipinski definition) is 1. The number of aromatic nitrogens is 3. The van der Waals surface area contributed by atoms with Crippen molar-refractivity contribution >= 4 is 40.4 Å². The maximum atomic E-state index is 14.9. The molecule has 3 amide bonds. The van der Waals surface area contributed by atoms with Crippen LogP contribution in [0.5, 0.6) is 5.75 Å². The lowest BCUT2D eigenvalue weighted by Crippen LogP contribution is -2.31. The number of thioether (sulfide) groups is 1. The molecular formula is C31H26F4N6O3S. The van der Waals surface area contributed by atoms with Crippen molar-refractivity contribution in [3.8, 4) is 22.8 Å². The van der Waals surface area contributed by atoms with Crippen molar-refractivity contribution in [3.05, 3.63) is 95.9 Å². The standard InChI is InChI=1S/C31H26F4N6O3S/c1-3-4-21-6-5-19(2)15-26(21)41-27(42)17-45-30(41)38-29(43)36-16-25(32)20-7-9-22(10-8-20)28-37-18-40(39-28)23-11-13-24(14-12-23)44-31(33,34)35/h5-16,18H,3-4,17H2,1-2H3,(H,36,43)/b25-16-,38-30-. The van der Waals surface area contributed by atoms with Crippen LogP contribution >= 0.6 is 11.8 Å². The molecule has 3 aromatic carbocycles. The molecule has 0 unspecified atom stereocenters. The van der Waals surface area contributed by atoms with E-state index in [9.17, 15) is 27.2 Å². The number of nitrogens with one attached hydrogen (secondary N) is 1. The summed E-state index contributed by atoms with van der Waals surface area (Å²) in [6.45, 7) is 3.96.